The molecule has 1 saturated heterocycles. The van der Waals surface area contributed by atoms with E-state index in [-0.39, 0.29) is 11.9 Å². The van der Waals surface area contributed by atoms with Crippen LogP contribution in [0.3, 0.4) is 0 Å². The van der Waals surface area contributed by atoms with E-state index in [1.54, 1.807) is 11.0 Å². The highest BCUT2D eigenvalue weighted by Crippen LogP contribution is 2.24. The summed E-state index contributed by atoms with van der Waals surface area (Å²) in [4.78, 5) is 16.0. The minimum atomic E-state index is -0.252. The first-order valence-electron chi connectivity index (χ1n) is 6.34. The fraction of sp³-hybridized carbons (Fsp3) is 0.429. The molecule has 1 aliphatic heterocycles. The van der Waals surface area contributed by atoms with Gasteiger partial charge >= 0.3 is 0 Å². The van der Waals surface area contributed by atoms with Crippen molar-refractivity contribution in [3.05, 3.63) is 29.8 Å². The molecule has 1 atom stereocenters. The van der Waals surface area contributed by atoms with Crippen LogP contribution in [0.15, 0.2) is 24.3 Å². The van der Waals surface area contributed by atoms with E-state index in [0.717, 1.165) is 12.2 Å². The van der Waals surface area contributed by atoms with E-state index in [1.807, 2.05) is 37.2 Å². The Morgan fingerprint density at radius 3 is 2.84 bits per heavy atom. The number of nitrogens with one attached hydrogen (secondary N) is 1. The van der Waals surface area contributed by atoms with Crippen LogP contribution in [0.4, 0.5) is 5.69 Å². The molecule has 2 rings (SSSR count). The van der Waals surface area contributed by atoms with Crippen LogP contribution >= 0.6 is 0 Å². The lowest BCUT2D eigenvalue weighted by molar-refractivity contribution is -0.132. The summed E-state index contributed by atoms with van der Waals surface area (Å²) in [6.45, 7) is 2.00. The van der Waals surface area contributed by atoms with E-state index < -0.39 is 0 Å². The van der Waals surface area contributed by atoms with Gasteiger partial charge in [0.1, 0.15) is 12.1 Å². The van der Waals surface area contributed by atoms with Gasteiger partial charge in [-0.05, 0) is 19.2 Å². The number of likely N-dealkylation sites (N-methyl/N-ethyl adjacent to an activating group) is 2. The molecule has 1 N–H and O–H groups in total. The van der Waals surface area contributed by atoms with Crippen molar-refractivity contribution in [2.45, 2.75) is 6.04 Å². The normalized spacial score (nSPS) is 19.4. The van der Waals surface area contributed by atoms with Gasteiger partial charge in [-0.1, -0.05) is 12.1 Å². The van der Waals surface area contributed by atoms with Crippen molar-refractivity contribution in [1.29, 1.82) is 5.26 Å². The van der Waals surface area contributed by atoms with Crippen LogP contribution in [0.5, 0.6) is 0 Å². The molecule has 100 valence electrons. The second-order valence-electron chi connectivity index (χ2n) is 4.66. The molecule has 5 heteroatoms. The van der Waals surface area contributed by atoms with Gasteiger partial charge in [0, 0.05) is 26.7 Å². The molecule has 0 bridgehead atoms. The van der Waals surface area contributed by atoms with Gasteiger partial charge in [0.15, 0.2) is 0 Å². The van der Waals surface area contributed by atoms with Crippen molar-refractivity contribution < 1.29 is 4.79 Å². The molecule has 0 radical (unpaired) electrons. The predicted octanol–water partition coefficient (Wildman–Crippen LogP) is 0.425. The van der Waals surface area contributed by atoms with Gasteiger partial charge in [0.25, 0.3) is 0 Å². The summed E-state index contributed by atoms with van der Waals surface area (Å²) in [7, 11) is 3.65. The maximum atomic E-state index is 12.3. The summed E-state index contributed by atoms with van der Waals surface area (Å²) in [6, 6.07) is 9.37. The summed E-state index contributed by atoms with van der Waals surface area (Å²) in [5, 5.41) is 12.2. The highest BCUT2D eigenvalue weighted by molar-refractivity contribution is 5.87. The minimum Gasteiger partial charge on any atom is -0.356 e. The molecule has 0 saturated carbocycles. The highest BCUT2D eigenvalue weighted by atomic mass is 16.2. The fourth-order valence-electron chi connectivity index (χ4n) is 2.41. The molecule has 1 aliphatic rings. The topological polar surface area (TPSA) is 59.4 Å². The Hall–Kier alpha value is -2.06. The molecule has 1 amide bonds. The number of carbonyl (C=O) groups excluding carboxylic acids is 1. The minimum absolute atomic E-state index is 0.0911. The first-order valence-corrected chi connectivity index (χ1v) is 6.34. The van der Waals surface area contributed by atoms with Gasteiger partial charge in [-0.15, -0.1) is 0 Å². The third-order valence-electron chi connectivity index (χ3n) is 3.45. The van der Waals surface area contributed by atoms with Gasteiger partial charge in [0.2, 0.25) is 5.91 Å². The van der Waals surface area contributed by atoms with Gasteiger partial charge < -0.3 is 15.1 Å². The number of piperazine rings is 1. The summed E-state index contributed by atoms with van der Waals surface area (Å²) in [5.41, 5.74) is 1.45. The van der Waals surface area contributed by atoms with E-state index in [0.29, 0.717) is 18.7 Å². The number of rotatable bonds is 3. The lowest BCUT2D eigenvalue weighted by Gasteiger charge is -2.40. The van der Waals surface area contributed by atoms with Crippen LogP contribution in [0.2, 0.25) is 0 Å². The lowest BCUT2D eigenvalue weighted by atomic mass is 10.1. The summed E-state index contributed by atoms with van der Waals surface area (Å²) in [6.07, 6.45) is 0. The van der Waals surface area contributed by atoms with Crippen LogP contribution in [-0.4, -0.2) is 50.6 Å². The van der Waals surface area contributed by atoms with E-state index in [9.17, 15) is 10.1 Å². The fourth-order valence-corrected chi connectivity index (χ4v) is 2.41. The van der Waals surface area contributed by atoms with Gasteiger partial charge in [-0.2, -0.15) is 5.26 Å². The molecule has 1 fully saturated rings. The number of nitrogens with zero attached hydrogens (tertiary/aromatic N) is 3. The Labute approximate surface area is 113 Å². The molecule has 1 heterocycles. The van der Waals surface area contributed by atoms with E-state index >= 15 is 0 Å². The molecular weight excluding hydrogens is 240 g/mol. The van der Waals surface area contributed by atoms with Crippen molar-refractivity contribution in [1.82, 2.24) is 10.2 Å². The van der Waals surface area contributed by atoms with E-state index in [2.05, 4.69) is 11.4 Å². The average molecular weight is 258 g/mol. The maximum Gasteiger partial charge on any atom is 0.246 e. The van der Waals surface area contributed by atoms with E-state index in [1.165, 1.54) is 0 Å². The number of para-hydroxylation sites is 1. The van der Waals surface area contributed by atoms with Crippen LogP contribution < -0.4 is 10.2 Å². The summed E-state index contributed by atoms with van der Waals surface area (Å²) < 4.78 is 0. The first kappa shape index (κ1) is 13.4. The molecule has 1 unspecified atom stereocenters. The molecule has 5 nitrogen and oxygen atoms in total. The predicted molar refractivity (Wildman–Crippen MR) is 73.9 cm³/mol. The number of benzene rings is 1. The molecule has 0 spiro atoms. The Kier molecular flexibility index (Phi) is 4.03. The second-order valence-corrected chi connectivity index (χ2v) is 4.66. The van der Waals surface area contributed by atoms with Crippen molar-refractivity contribution in [2.75, 3.05) is 38.6 Å². The van der Waals surface area contributed by atoms with Gasteiger partial charge in [-0.3, -0.25) is 4.79 Å². The molecular formula is C14H18N4O. The Balaban J connectivity index is 2.36. The number of carbonyl (C=O) groups is 1. The van der Waals surface area contributed by atoms with Crippen molar-refractivity contribution >= 4 is 11.6 Å². The van der Waals surface area contributed by atoms with Crippen molar-refractivity contribution in [3.63, 3.8) is 0 Å². The number of nitriles is 1. The van der Waals surface area contributed by atoms with Crippen LogP contribution in [0, 0.1) is 11.3 Å². The smallest absolute Gasteiger partial charge is 0.246 e. The van der Waals surface area contributed by atoms with Crippen LogP contribution in [-0.2, 0) is 4.79 Å². The molecule has 19 heavy (non-hydrogen) atoms. The molecule has 1 aromatic carbocycles. The monoisotopic (exact) mass is 258 g/mol. The Bertz CT molecular complexity index is 508. The van der Waals surface area contributed by atoms with Gasteiger partial charge in [-0.25, -0.2) is 0 Å². The third kappa shape index (κ3) is 2.54. The number of hydrogen-bond donors (Lipinski definition) is 1. The van der Waals surface area contributed by atoms with Crippen LogP contribution in [0.1, 0.15) is 5.56 Å². The SMILES string of the molecule is CNCC1C(=O)N(C)CCN1c1ccccc1C#N. The zero-order chi connectivity index (χ0) is 13.8. The van der Waals surface area contributed by atoms with Crippen molar-refractivity contribution in [2.24, 2.45) is 0 Å². The first-order chi connectivity index (χ1) is 9.19. The quantitative estimate of drug-likeness (QED) is 0.854. The van der Waals surface area contributed by atoms with E-state index in [4.69, 9.17) is 0 Å². The lowest BCUT2D eigenvalue weighted by Crippen LogP contribution is -2.59. The summed E-state index contributed by atoms with van der Waals surface area (Å²) >= 11 is 0. The number of hydrogen-bond acceptors (Lipinski definition) is 4. The summed E-state index contributed by atoms with van der Waals surface area (Å²) in [5.74, 6) is 0.0911. The largest absolute Gasteiger partial charge is 0.356 e. The molecule has 0 aliphatic carbocycles. The number of anilines is 1. The Morgan fingerprint density at radius 2 is 2.16 bits per heavy atom. The molecule has 0 aromatic heterocycles. The standard InChI is InChI=1S/C14H18N4O/c1-16-10-13-14(19)17(2)7-8-18(13)12-6-4-3-5-11(12)9-15/h3-6,13,16H,7-8,10H2,1-2H3. The average Bonchev–Trinajstić information content (AvgIpc) is 2.44. The second kappa shape index (κ2) is 5.72. The maximum absolute atomic E-state index is 12.3. The van der Waals surface area contributed by atoms with Gasteiger partial charge in [0.05, 0.1) is 11.3 Å². The third-order valence-corrected chi connectivity index (χ3v) is 3.45. The van der Waals surface area contributed by atoms with Crippen molar-refractivity contribution in [3.8, 4) is 6.07 Å². The highest BCUT2D eigenvalue weighted by Gasteiger charge is 2.33. The Morgan fingerprint density at radius 1 is 1.42 bits per heavy atom. The number of amides is 1. The van der Waals surface area contributed by atoms with Crippen LogP contribution in [0.25, 0.3) is 0 Å². The zero-order valence-electron chi connectivity index (χ0n) is 11.3. The zero-order valence-corrected chi connectivity index (χ0v) is 11.3. The molecule has 1 aromatic rings.